The van der Waals surface area contributed by atoms with Crippen LogP contribution in [0.25, 0.3) is 0 Å². The predicted octanol–water partition coefficient (Wildman–Crippen LogP) is 3.08. The molecule has 0 radical (unpaired) electrons. The molecular formula is C19H22N2O4. The Balaban J connectivity index is 1.54. The van der Waals surface area contributed by atoms with Crippen molar-refractivity contribution in [2.75, 3.05) is 13.2 Å². The average molecular weight is 342 g/mol. The van der Waals surface area contributed by atoms with Gasteiger partial charge in [-0.1, -0.05) is 23.4 Å². The van der Waals surface area contributed by atoms with Crippen LogP contribution >= 0.6 is 0 Å². The summed E-state index contributed by atoms with van der Waals surface area (Å²) in [6.07, 6.45) is 4.18. The molecule has 2 fully saturated rings. The number of aromatic hydroxyl groups is 1. The van der Waals surface area contributed by atoms with E-state index in [0.29, 0.717) is 30.3 Å². The lowest BCUT2D eigenvalue weighted by Gasteiger charge is -2.25. The largest absolute Gasteiger partial charge is 0.508 e. The van der Waals surface area contributed by atoms with Gasteiger partial charge in [0.05, 0.1) is 6.10 Å². The Morgan fingerprint density at radius 3 is 2.84 bits per heavy atom. The highest BCUT2D eigenvalue weighted by atomic mass is 16.5. The Hall–Kier alpha value is -2.34. The monoisotopic (exact) mass is 342 g/mol. The lowest BCUT2D eigenvalue weighted by molar-refractivity contribution is 0.0498. The van der Waals surface area contributed by atoms with E-state index in [1.165, 1.54) is 0 Å². The summed E-state index contributed by atoms with van der Waals surface area (Å²) in [5.74, 6) is 1.21. The second-order valence-electron chi connectivity index (χ2n) is 6.84. The van der Waals surface area contributed by atoms with Crippen molar-refractivity contribution >= 4 is 5.91 Å². The highest BCUT2D eigenvalue weighted by Crippen LogP contribution is 2.40. The number of carbonyl (C=O) groups excluding carboxylic acids is 1. The van der Waals surface area contributed by atoms with E-state index >= 15 is 0 Å². The van der Waals surface area contributed by atoms with Gasteiger partial charge in [-0.15, -0.1) is 0 Å². The summed E-state index contributed by atoms with van der Waals surface area (Å²) in [4.78, 5) is 14.7. The molecule has 4 rings (SSSR count). The molecule has 1 saturated carbocycles. The molecule has 2 aliphatic rings. The third-order valence-electron chi connectivity index (χ3n) is 4.82. The molecule has 2 aromatic rings. The van der Waals surface area contributed by atoms with Gasteiger partial charge < -0.3 is 19.3 Å². The maximum absolute atomic E-state index is 13.0. The zero-order valence-electron chi connectivity index (χ0n) is 14.1. The van der Waals surface area contributed by atoms with E-state index in [2.05, 4.69) is 5.16 Å². The van der Waals surface area contributed by atoms with Crippen LogP contribution < -0.4 is 0 Å². The lowest BCUT2D eigenvalue weighted by Crippen LogP contribution is -2.37. The molecule has 1 amide bonds. The number of phenols is 1. The van der Waals surface area contributed by atoms with Gasteiger partial charge in [0.1, 0.15) is 11.5 Å². The fourth-order valence-corrected chi connectivity index (χ4v) is 3.22. The van der Waals surface area contributed by atoms with Crippen LogP contribution in [0.2, 0.25) is 0 Å². The Kier molecular flexibility index (Phi) is 4.44. The second-order valence-corrected chi connectivity index (χ2v) is 6.84. The van der Waals surface area contributed by atoms with Gasteiger partial charge in [-0.3, -0.25) is 4.79 Å². The molecule has 1 aliphatic heterocycles. The van der Waals surface area contributed by atoms with Gasteiger partial charge >= 0.3 is 0 Å². The van der Waals surface area contributed by atoms with Crippen molar-refractivity contribution in [1.29, 1.82) is 0 Å². The highest BCUT2D eigenvalue weighted by Gasteiger charge is 2.31. The van der Waals surface area contributed by atoms with Crippen LogP contribution in [0, 0.1) is 0 Å². The van der Waals surface area contributed by atoms with Gasteiger partial charge in [0.25, 0.3) is 5.91 Å². The molecule has 6 heteroatoms. The van der Waals surface area contributed by atoms with Crippen LogP contribution in [0.15, 0.2) is 34.9 Å². The van der Waals surface area contributed by atoms with E-state index in [4.69, 9.17) is 9.26 Å². The van der Waals surface area contributed by atoms with Gasteiger partial charge in [0.2, 0.25) is 0 Å². The molecule has 2 heterocycles. The number of amides is 1. The summed E-state index contributed by atoms with van der Waals surface area (Å²) < 4.78 is 11.0. The molecule has 1 aliphatic carbocycles. The van der Waals surface area contributed by atoms with Crippen molar-refractivity contribution in [1.82, 2.24) is 10.1 Å². The van der Waals surface area contributed by atoms with E-state index in [1.54, 1.807) is 23.1 Å². The van der Waals surface area contributed by atoms with Crippen LogP contribution in [-0.4, -0.2) is 40.3 Å². The molecule has 0 bridgehead atoms. The molecule has 1 atom stereocenters. The summed E-state index contributed by atoms with van der Waals surface area (Å²) in [6, 6.07) is 8.83. The smallest absolute Gasteiger partial charge is 0.276 e. The fraction of sp³-hybridized carbons (Fsp3) is 0.474. The number of phenolic OH excluding ortho intramolecular Hbond substituents is 1. The molecule has 0 spiro atoms. The molecule has 0 unspecified atom stereocenters. The van der Waals surface area contributed by atoms with E-state index in [-0.39, 0.29) is 17.8 Å². The van der Waals surface area contributed by atoms with Crippen molar-refractivity contribution in [2.45, 2.75) is 44.2 Å². The number of carbonyl (C=O) groups is 1. The highest BCUT2D eigenvalue weighted by molar-refractivity contribution is 5.92. The third kappa shape index (κ3) is 3.69. The number of rotatable bonds is 6. The Bertz CT molecular complexity index is 747. The number of ether oxygens (including phenoxy) is 1. The van der Waals surface area contributed by atoms with Crippen LogP contribution in [0.5, 0.6) is 5.75 Å². The van der Waals surface area contributed by atoms with Gasteiger partial charge in [0, 0.05) is 37.2 Å². The number of benzene rings is 1. The number of hydrogen-bond acceptors (Lipinski definition) is 5. The summed E-state index contributed by atoms with van der Waals surface area (Å²) in [6.45, 7) is 1.54. The van der Waals surface area contributed by atoms with E-state index in [0.717, 1.165) is 38.1 Å². The summed E-state index contributed by atoms with van der Waals surface area (Å²) >= 11 is 0. The standard InChI is InChI=1S/C19H22N2O4/c22-17-6-2-1-4-14(17)11-21(12-15-5-3-9-24-15)19(23)16-10-18(25-20-16)13-7-8-13/h1-2,4,6,10,13,15,22H,3,5,7-9,11-12H2/t15-/m0/s1. The number of nitrogens with zero attached hydrogens (tertiary/aromatic N) is 2. The number of aromatic nitrogens is 1. The molecule has 1 saturated heterocycles. The summed E-state index contributed by atoms with van der Waals surface area (Å²) in [7, 11) is 0. The second kappa shape index (κ2) is 6.88. The van der Waals surface area contributed by atoms with E-state index in [9.17, 15) is 9.90 Å². The van der Waals surface area contributed by atoms with Crippen LogP contribution in [-0.2, 0) is 11.3 Å². The topological polar surface area (TPSA) is 75.8 Å². The Morgan fingerprint density at radius 2 is 2.12 bits per heavy atom. The van der Waals surface area contributed by atoms with Gasteiger partial charge in [-0.25, -0.2) is 0 Å². The predicted molar refractivity (Wildman–Crippen MR) is 90.3 cm³/mol. The van der Waals surface area contributed by atoms with Crippen LogP contribution in [0.3, 0.4) is 0 Å². The van der Waals surface area contributed by atoms with E-state index in [1.807, 2.05) is 12.1 Å². The molecule has 6 nitrogen and oxygen atoms in total. The van der Waals surface area contributed by atoms with Crippen molar-refractivity contribution in [3.8, 4) is 5.75 Å². The minimum atomic E-state index is -0.186. The van der Waals surface area contributed by atoms with E-state index < -0.39 is 0 Å². The minimum Gasteiger partial charge on any atom is -0.508 e. The van der Waals surface area contributed by atoms with Crippen molar-refractivity contribution in [3.63, 3.8) is 0 Å². The van der Waals surface area contributed by atoms with Crippen LogP contribution in [0.4, 0.5) is 0 Å². The zero-order chi connectivity index (χ0) is 17.2. The number of para-hydroxylation sites is 1. The SMILES string of the molecule is O=C(c1cc(C2CC2)on1)N(Cc1ccccc1O)C[C@@H]1CCCO1. The quantitative estimate of drug-likeness (QED) is 0.873. The van der Waals surface area contributed by atoms with Crippen molar-refractivity contribution in [3.05, 3.63) is 47.3 Å². The van der Waals surface area contributed by atoms with Gasteiger partial charge in [-0.05, 0) is 31.7 Å². The molecule has 1 N–H and O–H groups in total. The normalized spacial score (nSPS) is 19.9. The first-order valence-electron chi connectivity index (χ1n) is 8.85. The first-order chi connectivity index (χ1) is 12.2. The zero-order valence-corrected chi connectivity index (χ0v) is 14.1. The fourth-order valence-electron chi connectivity index (χ4n) is 3.22. The minimum absolute atomic E-state index is 0.0320. The third-order valence-corrected chi connectivity index (χ3v) is 4.82. The number of hydrogen-bond donors (Lipinski definition) is 1. The molecule has 132 valence electrons. The lowest BCUT2D eigenvalue weighted by atomic mass is 10.1. The average Bonchev–Trinajstić information content (AvgIpc) is 3.13. The Morgan fingerprint density at radius 1 is 1.28 bits per heavy atom. The van der Waals surface area contributed by atoms with Crippen LogP contribution in [0.1, 0.15) is 53.4 Å². The maximum atomic E-state index is 13.0. The van der Waals surface area contributed by atoms with Crippen molar-refractivity contribution in [2.24, 2.45) is 0 Å². The summed E-state index contributed by atoms with van der Waals surface area (Å²) in [5.41, 5.74) is 1.04. The molecule has 1 aromatic heterocycles. The first kappa shape index (κ1) is 16.1. The molecular weight excluding hydrogens is 320 g/mol. The Labute approximate surface area is 146 Å². The van der Waals surface area contributed by atoms with Crippen molar-refractivity contribution < 1.29 is 19.2 Å². The van der Waals surface area contributed by atoms with Gasteiger partial charge in [-0.2, -0.15) is 0 Å². The summed E-state index contributed by atoms with van der Waals surface area (Å²) in [5, 5.41) is 14.0. The maximum Gasteiger partial charge on any atom is 0.276 e. The first-order valence-corrected chi connectivity index (χ1v) is 8.85. The molecule has 25 heavy (non-hydrogen) atoms. The van der Waals surface area contributed by atoms with Gasteiger partial charge in [0.15, 0.2) is 5.69 Å². The molecule has 1 aromatic carbocycles.